The van der Waals surface area contributed by atoms with E-state index in [4.69, 9.17) is 4.74 Å². The van der Waals surface area contributed by atoms with Gasteiger partial charge in [0.1, 0.15) is 17.3 Å². The summed E-state index contributed by atoms with van der Waals surface area (Å²) in [5.41, 5.74) is 1.16. The highest BCUT2D eigenvalue weighted by atomic mass is 19.1. The molecular weight excluding hydrogens is 387 g/mol. The Kier molecular flexibility index (Phi) is 5.02. The number of carbonyl (C=O) groups excluding carboxylic acids is 2. The Morgan fingerprint density at radius 3 is 2.43 bits per heavy atom. The van der Waals surface area contributed by atoms with Crippen LogP contribution in [0.15, 0.2) is 78.6 Å². The van der Waals surface area contributed by atoms with Gasteiger partial charge in [0.2, 0.25) is 0 Å². The quantitative estimate of drug-likeness (QED) is 0.406. The Hall–Kier alpha value is -4.00. The first-order chi connectivity index (χ1) is 14.5. The number of rotatable bonds is 4. The van der Waals surface area contributed by atoms with E-state index in [-0.39, 0.29) is 11.3 Å². The second kappa shape index (κ2) is 7.79. The van der Waals surface area contributed by atoms with Gasteiger partial charge in [-0.3, -0.25) is 19.5 Å². The van der Waals surface area contributed by atoms with E-state index in [0.29, 0.717) is 22.6 Å². The van der Waals surface area contributed by atoms with Crippen LogP contribution in [-0.2, 0) is 9.59 Å². The van der Waals surface area contributed by atoms with Crippen LogP contribution in [0.5, 0.6) is 5.75 Å². The zero-order valence-electron chi connectivity index (χ0n) is 15.9. The molecule has 1 atom stereocenters. The van der Waals surface area contributed by atoms with Crippen LogP contribution in [0.1, 0.15) is 17.2 Å². The number of anilines is 1. The SMILES string of the molecule is COc1cccc(N2C(=O)C(=O)/C(=C(/O)c3ccncc3)C2c2ccc(F)cc2)c1. The molecule has 2 heterocycles. The lowest BCUT2D eigenvalue weighted by molar-refractivity contribution is -0.132. The second-order valence-electron chi connectivity index (χ2n) is 6.66. The smallest absolute Gasteiger partial charge is 0.300 e. The molecule has 1 aliphatic rings. The highest BCUT2D eigenvalue weighted by molar-refractivity contribution is 6.51. The maximum absolute atomic E-state index is 13.5. The van der Waals surface area contributed by atoms with Gasteiger partial charge in [-0.05, 0) is 42.0 Å². The van der Waals surface area contributed by atoms with Crippen molar-refractivity contribution in [2.75, 3.05) is 12.0 Å². The predicted octanol–water partition coefficient (Wildman–Crippen LogP) is 3.86. The molecule has 3 aromatic rings. The lowest BCUT2D eigenvalue weighted by Gasteiger charge is -2.25. The first kappa shape index (κ1) is 19.3. The van der Waals surface area contributed by atoms with Gasteiger partial charge in [-0.15, -0.1) is 0 Å². The third kappa shape index (κ3) is 3.30. The number of hydrogen-bond donors (Lipinski definition) is 1. The van der Waals surface area contributed by atoms with Crippen LogP contribution in [0.25, 0.3) is 5.76 Å². The summed E-state index contributed by atoms with van der Waals surface area (Å²) in [6.45, 7) is 0. The van der Waals surface area contributed by atoms with E-state index in [2.05, 4.69) is 4.98 Å². The third-order valence-corrected chi connectivity index (χ3v) is 4.92. The first-order valence-corrected chi connectivity index (χ1v) is 9.12. The monoisotopic (exact) mass is 404 g/mol. The number of halogens is 1. The van der Waals surface area contributed by atoms with Crippen molar-refractivity contribution in [2.24, 2.45) is 0 Å². The first-order valence-electron chi connectivity index (χ1n) is 9.12. The number of aromatic nitrogens is 1. The Morgan fingerprint density at radius 2 is 1.77 bits per heavy atom. The fourth-order valence-electron chi connectivity index (χ4n) is 3.48. The van der Waals surface area contributed by atoms with Crippen molar-refractivity contribution in [2.45, 2.75) is 6.04 Å². The molecular formula is C23H17FN2O4. The molecule has 4 rings (SSSR count). The second-order valence-corrected chi connectivity index (χ2v) is 6.66. The molecule has 1 unspecified atom stereocenters. The molecule has 7 heteroatoms. The molecule has 1 aromatic heterocycles. The number of amides is 1. The molecule has 1 saturated heterocycles. The number of methoxy groups -OCH3 is 1. The van der Waals surface area contributed by atoms with E-state index in [9.17, 15) is 19.1 Å². The van der Waals surface area contributed by atoms with Crippen LogP contribution < -0.4 is 9.64 Å². The topological polar surface area (TPSA) is 79.7 Å². The number of hydrogen-bond acceptors (Lipinski definition) is 5. The van der Waals surface area contributed by atoms with Crippen molar-refractivity contribution < 1.29 is 23.8 Å². The Bertz CT molecular complexity index is 1140. The van der Waals surface area contributed by atoms with Gasteiger partial charge in [0.05, 0.1) is 18.7 Å². The lowest BCUT2D eigenvalue weighted by Crippen LogP contribution is -2.29. The van der Waals surface area contributed by atoms with E-state index in [1.54, 1.807) is 24.3 Å². The minimum Gasteiger partial charge on any atom is -0.507 e. The molecule has 1 N–H and O–H groups in total. The van der Waals surface area contributed by atoms with Crippen LogP contribution in [0, 0.1) is 5.82 Å². The Morgan fingerprint density at radius 1 is 1.07 bits per heavy atom. The summed E-state index contributed by atoms with van der Waals surface area (Å²) in [6, 6.07) is 14.3. The number of nitrogens with zero attached hydrogens (tertiary/aromatic N) is 2. The van der Waals surface area contributed by atoms with Crippen molar-refractivity contribution in [1.29, 1.82) is 0 Å². The van der Waals surface area contributed by atoms with E-state index < -0.39 is 23.5 Å². The van der Waals surface area contributed by atoms with E-state index in [0.717, 1.165) is 0 Å². The average Bonchev–Trinajstić information content (AvgIpc) is 3.05. The molecule has 150 valence electrons. The van der Waals surface area contributed by atoms with Gasteiger partial charge in [0, 0.05) is 29.7 Å². The predicted molar refractivity (Wildman–Crippen MR) is 108 cm³/mol. The highest BCUT2D eigenvalue weighted by Gasteiger charge is 2.47. The molecule has 30 heavy (non-hydrogen) atoms. The summed E-state index contributed by atoms with van der Waals surface area (Å²) in [7, 11) is 1.49. The molecule has 1 amide bonds. The van der Waals surface area contributed by atoms with Gasteiger partial charge in [0.25, 0.3) is 11.7 Å². The molecule has 0 radical (unpaired) electrons. The number of carbonyl (C=O) groups is 2. The molecule has 0 bridgehead atoms. The summed E-state index contributed by atoms with van der Waals surface area (Å²) in [5, 5.41) is 10.9. The van der Waals surface area contributed by atoms with E-state index >= 15 is 0 Å². The number of ketones is 1. The van der Waals surface area contributed by atoms with Gasteiger partial charge in [-0.25, -0.2) is 4.39 Å². The van der Waals surface area contributed by atoms with Gasteiger partial charge < -0.3 is 9.84 Å². The number of aliphatic hydroxyl groups excluding tert-OH is 1. The van der Waals surface area contributed by atoms with Crippen LogP contribution in [-0.4, -0.2) is 28.9 Å². The molecule has 6 nitrogen and oxygen atoms in total. The van der Waals surface area contributed by atoms with Crippen molar-refractivity contribution >= 4 is 23.1 Å². The van der Waals surface area contributed by atoms with Crippen LogP contribution in [0.4, 0.5) is 10.1 Å². The van der Waals surface area contributed by atoms with E-state index in [1.165, 1.54) is 60.8 Å². The zero-order chi connectivity index (χ0) is 21.3. The van der Waals surface area contributed by atoms with Crippen molar-refractivity contribution in [3.05, 3.63) is 95.6 Å². The number of pyridine rings is 1. The normalized spacial score (nSPS) is 17.9. The average molecular weight is 404 g/mol. The number of benzene rings is 2. The summed E-state index contributed by atoms with van der Waals surface area (Å²) in [6.07, 6.45) is 2.94. The highest BCUT2D eigenvalue weighted by Crippen LogP contribution is 2.42. The molecule has 0 spiro atoms. The lowest BCUT2D eigenvalue weighted by atomic mass is 9.95. The molecule has 2 aromatic carbocycles. The van der Waals surface area contributed by atoms with Gasteiger partial charge in [-0.2, -0.15) is 0 Å². The Labute approximate surface area is 171 Å². The molecule has 1 fully saturated rings. The van der Waals surface area contributed by atoms with Crippen molar-refractivity contribution in [3.63, 3.8) is 0 Å². The maximum atomic E-state index is 13.5. The zero-order valence-corrected chi connectivity index (χ0v) is 15.9. The Balaban J connectivity index is 1.94. The van der Waals surface area contributed by atoms with Crippen LogP contribution in [0.3, 0.4) is 0 Å². The van der Waals surface area contributed by atoms with Crippen molar-refractivity contribution in [3.8, 4) is 5.75 Å². The number of ether oxygens (including phenoxy) is 1. The molecule has 1 aliphatic heterocycles. The summed E-state index contributed by atoms with van der Waals surface area (Å²) >= 11 is 0. The number of Topliss-reactive ketones (excluding diaryl/α,β-unsaturated/α-hetero) is 1. The van der Waals surface area contributed by atoms with Gasteiger partial charge in [-0.1, -0.05) is 18.2 Å². The van der Waals surface area contributed by atoms with Crippen LogP contribution >= 0.6 is 0 Å². The largest absolute Gasteiger partial charge is 0.507 e. The summed E-state index contributed by atoms with van der Waals surface area (Å²) in [4.78, 5) is 31.2. The molecule has 0 aliphatic carbocycles. The minimum absolute atomic E-state index is 0.0828. The molecule has 0 saturated carbocycles. The third-order valence-electron chi connectivity index (χ3n) is 4.92. The fourth-order valence-corrected chi connectivity index (χ4v) is 3.48. The fraction of sp³-hybridized carbons (Fsp3) is 0.0870. The standard InChI is InChI=1S/C23H17FN2O4/c1-30-18-4-2-3-17(13-18)26-20(14-5-7-16(24)8-6-14)19(22(28)23(26)29)21(27)15-9-11-25-12-10-15/h2-13,20,27H,1H3/b21-19+. The van der Waals surface area contributed by atoms with Gasteiger partial charge >= 0.3 is 0 Å². The summed E-state index contributed by atoms with van der Waals surface area (Å²) in [5.74, 6) is -1.90. The van der Waals surface area contributed by atoms with Crippen LogP contribution in [0.2, 0.25) is 0 Å². The van der Waals surface area contributed by atoms with E-state index in [1.807, 2.05) is 0 Å². The number of aliphatic hydroxyl groups is 1. The minimum atomic E-state index is -0.939. The van der Waals surface area contributed by atoms with Crippen molar-refractivity contribution in [1.82, 2.24) is 4.98 Å². The summed E-state index contributed by atoms with van der Waals surface area (Å²) < 4.78 is 18.8. The van der Waals surface area contributed by atoms with Gasteiger partial charge in [0.15, 0.2) is 0 Å². The maximum Gasteiger partial charge on any atom is 0.300 e.